The molecule has 1 aliphatic rings. The third-order valence-electron chi connectivity index (χ3n) is 4.50. The molecule has 2 aromatic carbocycles. The zero-order chi connectivity index (χ0) is 18.5. The van der Waals surface area contributed by atoms with E-state index in [1.807, 2.05) is 48.5 Å². The summed E-state index contributed by atoms with van der Waals surface area (Å²) in [4.78, 5) is 25.5. The molecular weight excluding hydrogens is 350 g/mol. The van der Waals surface area contributed by atoms with E-state index in [-0.39, 0.29) is 18.0 Å². The average Bonchev–Trinajstić information content (AvgIpc) is 2.62. The molecule has 2 N–H and O–H groups in total. The fourth-order valence-corrected chi connectivity index (χ4v) is 3.34. The number of likely N-dealkylation sites (tertiary alicyclic amines) is 1. The van der Waals surface area contributed by atoms with Crippen molar-refractivity contribution < 1.29 is 9.59 Å². The number of benzene rings is 2. The molecule has 0 saturated carbocycles. The Morgan fingerprint density at radius 2 is 1.88 bits per heavy atom. The zero-order valence-electron chi connectivity index (χ0n) is 14.7. The number of piperidine rings is 1. The normalized spacial score (nSPS) is 16.8. The molecule has 3 rings (SSSR count). The number of amides is 3. The lowest BCUT2D eigenvalue weighted by molar-refractivity contribution is -0.130. The monoisotopic (exact) mass is 371 g/mol. The van der Waals surface area contributed by atoms with Crippen molar-refractivity contribution in [1.82, 2.24) is 10.2 Å². The molecule has 1 saturated heterocycles. The van der Waals surface area contributed by atoms with Gasteiger partial charge in [0.05, 0.1) is 0 Å². The number of anilines is 1. The highest BCUT2D eigenvalue weighted by molar-refractivity contribution is 6.30. The van der Waals surface area contributed by atoms with Crippen LogP contribution in [-0.2, 0) is 4.79 Å². The molecular formula is C20H22ClN3O2. The molecule has 0 unspecified atom stereocenters. The van der Waals surface area contributed by atoms with Crippen molar-refractivity contribution in [3.05, 3.63) is 53.6 Å². The first-order chi connectivity index (χ1) is 12.5. The largest absolute Gasteiger partial charge is 0.341 e. The lowest BCUT2D eigenvalue weighted by Crippen LogP contribution is -2.50. The maximum absolute atomic E-state index is 12.2. The first kappa shape index (κ1) is 18.3. The lowest BCUT2D eigenvalue weighted by atomic mass is 10.1. The number of halogens is 1. The fourth-order valence-electron chi connectivity index (χ4n) is 3.15. The van der Waals surface area contributed by atoms with E-state index >= 15 is 0 Å². The Kier molecular flexibility index (Phi) is 5.78. The predicted molar refractivity (Wildman–Crippen MR) is 104 cm³/mol. The molecule has 1 aliphatic heterocycles. The number of urea groups is 1. The summed E-state index contributed by atoms with van der Waals surface area (Å²) in [5.41, 5.74) is 2.77. The van der Waals surface area contributed by atoms with E-state index in [2.05, 4.69) is 10.6 Å². The van der Waals surface area contributed by atoms with Gasteiger partial charge in [0, 0.05) is 36.8 Å². The number of rotatable bonds is 3. The van der Waals surface area contributed by atoms with Gasteiger partial charge in [-0.05, 0) is 48.2 Å². The van der Waals surface area contributed by atoms with Crippen LogP contribution in [0.4, 0.5) is 10.5 Å². The molecule has 1 atom stereocenters. The van der Waals surface area contributed by atoms with E-state index < -0.39 is 0 Å². The molecule has 0 aliphatic carbocycles. The summed E-state index contributed by atoms with van der Waals surface area (Å²) in [5.74, 6) is 0.0495. The van der Waals surface area contributed by atoms with Gasteiger partial charge >= 0.3 is 6.03 Å². The maximum atomic E-state index is 12.2. The average molecular weight is 372 g/mol. The molecule has 6 heteroatoms. The zero-order valence-corrected chi connectivity index (χ0v) is 15.4. The molecule has 136 valence electrons. The van der Waals surface area contributed by atoms with Gasteiger partial charge in [0.25, 0.3) is 0 Å². The van der Waals surface area contributed by atoms with E-state index in [0.717, 1.165) is 30.5 Å². The summed E-state index contributed by atoms with van der Waals surface area (Å²) in [6, 6.07) is 15.0. The van der Waals surface area contributed by atoms with Gasteiger partial charge in [-0.2, -0.15) is 0 Å². The molecule has 1 heterocycles. The van der Waals surface area contributed by atoms with Crippen LogP contribution in [0.1, 0.15) is 19.8 Å². The third-order valence-corrected chi connectivity index (χ3v) is 4.74. The van der Waals surface area contributed by atoms with Crippen molar-refractivity contribution in [3.63, 3.8) is 0 Å². The SMILES string of the molecule is CC(=O)N1CCC[C@@H](NC(=O)Nc2ccc(-c3cccc(Cl)c3)cc2)C1. The summed E-state index contributed by atoms with van der Waals surface area (Å²) in [5, 5.41) is 6.48. The second-order valence-corrected chi connectivity index (χ2v) is 6.93. The molecule has 0 spiro atoms. The van der Waals surface area contributed by atoms with Gasteiger partial charge in [0.2, 0.25) is 5.91 Å². The Bertz CT molecular complexity index is 792. The Hall–Kier alpha value is -2.53. The van der Waals surface area contributed by atoms with Crippen molar-refractivity contribution in [2.45, 2.75) is 25.8 Å². The van der Waals surface area contributed by atoms with Gasteiger partial charge in [0.15, 0.2) is 0 Å². The van der Waals surface area contributed by atoms with Crippen LogP contribution in [0, 0.1) is 0 Å². The van der Waals surface area contributed by atoms with Gasteiger partial charge in [-0.25, -0.2) is 4.79 Å². The van der Waals surface area contributed by atoms with E-state index in [1.54, 1.807) is 11.8 Å². The highest BCUT2D eigenvalue weighted by Crippen LogP contribution is 2.24. The van der Waals surface area contributed by atoms with Crippen molar-refractivity contribution in [2.75, 3.05) is 18.4 Å². The van der Waals surface area contributed by atoms with Crippen LogP contribution >= 0.6 is 11.6 Å². The summed E-state index contributed by atoms with van der Waals surface area (Å²) in [6.07, 6.45) is 1.78. The fraction of sp³-hybridized carbons (Fsp3) is 0.300. The Morgan fingerprint density at radius 1 is 1.12 bits per heavy atom. The van der Waals surface area contributed by atoms with Crippen molar-refractivity contribution >= 4 is 29.2 Å². The predicted octanol–water partition coefficient (Wildman–Crippen LogP) is 4.14. The van der Waals surface area contributed by atoms with Crippen LogP contribution in [0.25, 0.3) is 11.1 Å². The number of hydrogen-bond donors (Lipinski definition) is 2. The third kappa shape index (κ3) is 4.76. The number of carbonyl (C=O) groups excluding carboxylic acids is 2. The molecule has 5 nitrogen and oxygen atoms in total. The summed E-state index contributed by atoms with van der Waals surface area (Å²) < 4.78 is 0. The van der Waals surface area contributed by atoms with Gasteiger partial charge in [-0.1, -0.05) is 35.9 Å². The van der Waals surface area contributed by atoms with Gasteiger partial charge < -0.3 is 15.5 Å². The number of carbonyl (C=O) groups is 2. The van der Waals surface area contributed by atoms with E-state index in [0.29, 0.717) is 17.3 Å². The molecule has 3 amide bonds. The molecule has 26 heavy (non-hydrogen) atoms. The Balaban J connectivity index is 1.57. The van der Waals surface area contributed by atoms with Gasteiger partial charge in [-0.3, -0.25) is 4.79 Å². The van der Waals surface area contributed by atoms with Crippen LogP contribution in [0.5, 0.6) is 0 Å². The topological polar surface area (TPSA) is 61.4 Å². The summed E-state index contributed by atoms with van der Waals surface area (Å²) in [7, 11) is 0. The minimum Gasteiger partial charge on any atom is -0.341 e. The Morgan fingerprint density at radius 3 is 2.58 bits per heavy atom. The maximum Gasteiger partial charge on any atom is 0.319 e. The number of hydrogen-bond acceptors (Lipinski definition) is 2. The van der Waals surface area contributed by atoms with E-state index in [4.69, 9.17) is 11.6 Å². The van der Waals surface area contributed by atoms with Crippen molar-refractivity contribution in [1.29, 1.82) is 0 Å². The van der Waals surface area contributed by atoms with Gasteiger partial charge in [0.1, 0.15) is 0 Å². The van der Waals surface area contributed by atoms with E-state index in [9.17, 15) is 9.59 Å². The quantitative estimate of drug-likeness (QED) is 0.851. The number of nitrogens with one attached hydrogen (secondary N) is 2. The Labute approximate surface area is 158 Å². The minimum atomic E-state index is -0.254. The lowest BCUT2D eigenvalue weighted by Gasteiger charge is -2.32. The number of nitrogens with zero attached hydrogens (tertiary/aromatic N) is 1. The summed E-state index contributed by atoms with van der Waals surface area (Å²) in [6.45, 7) is 2.89. The standard InChI is InChI=1S/C20H22ClN3O2/c1-14(25)24-11-3-6-19(13-24)23-20(26)22-18-9-7-15(8-10-18)16-4-2-5-17(21)12-16/h2,4-5,7-10,12,19H,3,6,11,13H2,1H3,(H2,22,23,26)/t19-/m1/s1. The second kappa shape index (κ2) is 8.23. The summed E-state index contributed by atoms with van der Waals surface area (Å²) >= 11 is 6.03. The van der Waals surface area contributed by atoms with Crippen LogP contribution in [0.2, 0.25) is 5.02 Å². The molecule has 2 aromatic rings. The first-order valence-electron chi connectivity index (χ1n) is 8.70. The molecule has 1 fully saturated rings. The van der Waals surface area contributed by atoms with Gasteiger partial charge in [-0.15, -0.1) is 0 Å². The first-order valence-corrected chi connectivity index (χ1v) is 9.08. The molecule has 0 aromatic heterocycles. The molecule has 0 radical (unpaired) electrons. The van der Waals surface area contributed by atoms with Crippen LogP contribution in [0.15, 0.2) is 48.5 Å². The van der Waals surface area contributed by atoms with Crippen LogP contribution in [-0.4, -0.2) is 36.0 Å². The smallest absolute Gasteiger partial charge is 0.319 e. The minimum absolute atomic E-state index is 0.0154. The molecule has 0 bridgehead atoms. The van der Waals surface area contributed by atoms with E-state index in [1.165, 1.54) is 0 Å². The second-order valence-electron chi connectivity index (χ2n) is 6.49. The highest BCUT2D eigenvalue weighted by atomic mass is 35.5. The van der Waals surface area contributed by atoms with Crippen molar-refractivity contribution in [3.8, 4) is 11.1 Å². The van der Waals surface area contributed by atoms with Crippen LogP contribution in [0.3, 0.4) is 0 Å². The van der Waals surface area contributed by atoms with Crippen molar-refractivity contribution in [2.24, 2.45) is 0 Å². The van der Waals surface area contributed by atoms with Crippen LogP contribution < -0.4 is 10.6 Å². The highest BCUT2D eigenvalue weighted by Gasteiger charge is 2.22.